The van der Waals surface area contributed by atoms with E-state index in [2.05, 4.69) is 0 Å². The molecule has 0 fully saturated rings. The third kappa shape index (κ3) is 4.75. The van der Waals surface area contributed by atoms with Gasteiger partial charge in [0.2, 0.25) is 0 Å². The van der Waals surface area contributed by atoms with Gasteiger partial charge in [-0.15, -0.1) is 0 Å². The fraction of sp³-hybridized carbons (Fsp3) is 1.00. The molecule has 0 bridgehead atoms. The van der Waals surface area contributed by atoms with E-state index >= 15 is 0 Å². The van der Waals surface area contributed by atoms with E-state index < -0.39 is 5.66 Å². The molecule has 0 aliphatic rings. The monoisotopic (exact) mass is 152 g/mol. The molecule has 5 N–H and O–H groups in total. The van der Waals surface area contributed by atoms with Crippen LogP contribution in [0.2, 0.25) is 0 Å². The Morgan fingerprint density at radius 1 is 1.50 bits per heavy atom. The Morgan fingerprint density at radius 2 is 1.88 bits per heavy atom. The molecule has 0 saturated heterocycles. The summed E-state index contributed by atoms with van der Waals surface area (Å²) in [6.45, 7) is 1.68. The van der Waals surface area contributed by atoms with E-state index in [1.807, 2.05) is 6.92 Å². The van der Waals surface area contributed by atoms with Crippen molar-refractivity contribution in [2.75, 3.05) is 6.61 Å². The maximum absolute atomic E-state index is 8.34. The molecule has 0 heterocycles. The zero-order chi connectivity index (χ0) is 5.91. The summed E-state index contributed by atoms with van der Waals surface area (Å²) in [5, 5.41) is 8.34. The second-order valence-corrected chi connectivity index (χ2v) is 1.74. The van der Waals surface area contributed by atoms with Crippen molar-refractivity contribution in [1.29, 1.82) is 0 Å². The quantitative estimate of drug-likeness (QED) is 0.351. The molecule has 0 unspecified atom stereocenters. The molecule has 3 nitrogen and oxygen atoms in total. The predicted molar refractivity (Wildman–Crippen MR) is 28.5 cm³/mol. The van der Waals surface area contributed by atoms with Gasteiger partial charge in [0.05, 0.1) is 12.3 Å². The van der Waals surface area contributed by atoms with Gasteiger partial charge in [-0.1, -0.05) is 6.92 Å². The first-order valence-corrected chi connectivity index (χ1v) is 2.31. The van der Waals surface area contributed by atoms with Gasteiger partial charge in [-0.3, -0.25) is 0 Å². The van der Waals surface area contributed by atoms with E-state index in [-0.39, 0.29) is 28.3 Å². The maximum Gasteiger partial charge on any atom is 0.0871 e. The van der Waals surface area contributed by atoms with Gasteiger partial charge in [-0.2, -0.15) is 0 Å². The predicted octanol–water partition coefficient (Wildman–Crippen LogP) is -1.00. The van der Waals surface area contributed by atoms with Crippen molar-refractivity contribution in [2.24, 2.45) is 11.5 Å². The molecule has 0 saturated carbocycles. The fourth-order valence-corrected chi connectivity index (χ4v) is 0.112. The minimum absolute atomic E-state index is 0. The van der Waals surface area contributed by atoms with Gasteiger partial charge in [0.1, 0.15) is 0 Å². The largest absolute Gasteiger partial charge is 0.393 e. The van der Waals surface area contributed by atoms with E-state index in [0.717, 1.165) is 0 Å². The van der Waals surface area contributed by atoms with E-state index in [1.165, 1.54) is 0 Å². The first kappa shape index (κ1) is 11.4. The van der Waals surface area contributed by atoms with Crippen molar-refractivity contribution in [2.45, 2.75) is 19.0 Å². The molecule has 0 atom stereocenters. The van der Waals surface area contributed by atoms with Crippen LogP contribution < -0.4 is 11.5 Å². The second-order valence-electron chi connectivity index (χ2n) is 1.74. The maximum atomic E-state index is 8.34. The first-order valence-electron chi connectivity index (χ1n) is 2.31. The van der Waals surface area contributed by atoms with Crippen LogP contribution in [-0.2, 0) is 21.7 Å². The number of hydrogen-bond acceptors (Lipinski definition) is 3. The van der Waals surface area contributed by atoms with E-state index in [4.69, 9.17) is 16.6 Å². The van der Waals surface area contributed by atoms with Crippen LogP contribution in [0, 0.1) is 0 Å². The molecule has 0 rings (SSSR count). The van der Waals surface area contributed by atoms with E-state index in [9.17, 15) is 0 Å². The van der Waals surface area contributed by atoms with Crippen LogP contribution in [0.3, 0.4) is 0 Å². The van der Waals surface area contributed by atoms with Crippen LogP contribution >= 0.6 is 0 Å². The molecule has 8 heavy (non-hydrogen) atoms. The third-order valence-electron chi connectivity index (χ3n) is 0.953. The molecule has 0 aliphatic heterocycles. The molecule has 0 radical (unpaired) electrons. The number of hydrogen-bond donors (Lipinski definition) is 3. The summed E-state index contributed by atoms with van der Waals surface area (Å²) >= 11 is 0. The Bertz CT molecular complexity index is 52.0. The first-order chi connectivity index (χ1) is 3.12. The summed E-state index contributed by atoms with van der Waals surface area (Å²) in [4.78, 5) is 0. The molecule has 0 aromatic carbocycles. The number of nitrogens with two attached hydrogens (primary N) is 2. The van der Waals surface area contributed by atoms with Crippen molar-refractivity contribution in [3.05, 3.63) is 0 Å². The topological polar surface area (TPSA) is 72.3 Å². The summed E-state index contributed by atoms with van der Waals surface area (Å²) < 4.78 is 0. The van der Waals surface area contributed by atoms with Gasteiger partial charge in [0.15, 0.2) is 0 Å². The van der Waals surface area contributed by atoms with Crippen LogP contribution in [0.15, 0.2) is 0 Å². The number of rotatable bonds is 2. The minimum atomic E-state index is -0.861. The Balaban J connectivity index is 0. The smallest absolute Gasteiger partial charge is 0.0871 e. The zero-order valence-corrected chi connectivity index (χ0v) is 6.58. The van der Waals surface area contributed by atoms with Gasteiger partial charge < -0.3 is 16.6 Å². The molecule has 0 aliphatic carbocycles. The third-order valence-corrected chi connectivity index (χ3v) is 0.953. The molecule has 0 aromatic rings. The van der Waals surface area contributed by atoms with Crippen molar-refractivity contribution < 1.29 is 26.8 Å². The van der Waals surface area contributed by atoms with Gasteiger partial charge in [0.25, 0.3) is 0 Å². The van der Waals surface area contributed by atoms with Crippen LogP contribution in [0.25, 0.3) is 0 Å². The summed E-state index contributed by atoms with van der Waals surface area (Å²) in [6, 6.07) is 0. The minimum Gasteiger partial charge on any atom is -0.393 e. The molecular formula is C4H12N2OTi. The van der Waals surface area contributed by atoms with Crippen LogP contribution in [0.4, 0.5) is 0 Å². The molecule has 0 amide bonds. The van der Waals surface area contributed by atoms with E-state index in [0.29, 0.717) is 6.42 Å². The Kier molecular flexibility index (Phi) is 6.37. The molecule has 4 heteroatoms. The van der Waals surface area contributed by atoms with Crippen LogP contribution in [-0.4, -0.2) is 17.4 Å². The van der Waals surface area contributed by atoms with Crippen LogP contribution in [0.1, 0.15) is 13.3 Å². The summed E-state index contributed by atoms with van der Waals surface area (Å²) in [6.07, 6.45) is 0.601. The van der Waals surface area contributed by atoms with Gasteiger partial charge in [-0.05, 0) is 6.42 Å². The average molecular weight is 152 g/mol. The molecule has 48 valence electrons. The summed E-state index contributed by atoms with van der Waals surface area (Å²) in [5.74, 6) is 0. The van der Waals surface area contributed by atoms with Crippen molar-refractivity contribution >= 4 is 0 Å². The molecular weight excluding hydrogens is 140 g/mol. The van der Waals surface area contributed by atoms with Gasteiger partial charge >= 0.3 is 0 Å². The van der Waals surface area contributed by atoms with E-state index in [1.54, 1.807) is 0 Å². The summed E-state index contributed by atoms with van der Waals surface area (Å²) in [5.41, 5.74) is 9.62. The average Bonchev–Trinajstić information content (AvgIpc) is 1.68. The standard InChI is InChI=1S/C4H12N2O.Ti/c1-2-4(5,6)3-7;/h7H,2-3,5-6H2,1H3;. The number of aliphatic hydroxyl groups is 1. The second kappa shape index (κ2) is 4.47. The van der Waals surface area contributed by atoms with Gasteiger partial charge in [0, 0.05) is 21.7 Å². The molecule has 0 aromatic heterocycles. The Hall–Kier alpha value is 0.594. The Labute approximate surface area is 64.3 Å². The normalized spacial score (nSPS) is 10.5. The van der Waals surface area contributed by atoms with Crippen molar-refractivity contribution in [3.63, 3.8) is 0 Å². The fourth-order valence-electron chi connectivity index (χ4n) is 0.112. The number of aliphatic hydroxyl groups excluding tert-OH is 1. The Morgan fingerprint density at radius 3 is 1.88 bits per heavy atom. The molecule has 0 spiro atoms. The zero-order valence-electron chi connectivity index (χ0n) is 5.02. The van der Waals surface area contributed by atoms with Crippen LogP contribution in [0.5, 0.6) is 0 Å². The SMILES string of the molecule is CCC(N)(N)CO.[Ti]. The van der Waals surface area contributed by atoms with Crippen molar-refractivity contribution in [3.8, 4) is 0 Å². The summed E-state index contributed by atoms with van der Waals surface area (Å²) in [7, 11) is 0. The van der Waals surface area contributed by atoms with Crippen molar-refractivity contribution in [1.82, 2.24) is 0 Å². The van der Waals surface area contributed by atoms with Gasteiger partial charge in [-0.25, -0.2) is 0 Å².